The Bertz CT molecular complexity index is 295. The zero-order valence-corrected chi connectivity index (χ0v) is 7.54. The van der Waals surface area contributed by atoms with Gasteiger partial charge in [-0.05, 0) is 12.2 Å². The highest BCUT2D eigenvalue weighted by atomic mass is 16.6. The molecule has 2 rings (SSSR count). The minimum absolute atomic E-state index is 0.146. The van der Waals surface area contributed by atoms with Crippen LogP contribution in [0.5, 0.6) is 0 Å². The van der Waals surface area contributed by atoms with Crippen molar-refractivity contribution in [1.82, 2.24) is 0 Å². The first-order chi connectivity index (χ1) is 6.77. The zero-order chi connectivity index (χ0) is 9.97. The molecule has 74 valence electrons. The molecule has 14 heavy (non-hydrogen) atoms. The summed E-state index contributed by atoms with van der Waals surface area (Å²) in [6.45, 7) is 0.326. The van der Waals surface area contributed by atoms with E-state index in [-0.39, 0.29) is 17.9 Å². The van der Waals surface area contributed by atoms with Crippen molar-refractivity contribution in [3.63, 3.8) is 0 Å². The lowest BCUT2D eigenvalue weighted by Gasteiger charge is -2.22. The fraction of sp³-hybridized carbons (Fsp3) is 0.333. The van der Waals surface area contributed by atoms with Crippen molar-refractivity contribution in [2.45, 2.75) is 12.2 Å². The Morgan fingerprint density at radius 3 is 2.64 bits per heavy atom. The van der Waals surface area contributed by atoms with Crippen LogP contribution in [-0.2, 0) is 9.47 Å². The first kappa shape index (κ1) is 9.52. The van der Waals surface area contributed by atoms with E-state index >= 15 is 0 Å². The molecule has 0 bridgehead atoms. The highest BCUT2D eigenvalue weighted by Crippen LogP contribution is 2.19. The minimum Gasteiger partial charge on any atom is -0.491 e. The van der Waals surface area contributed by atoms with Gasteiger partial charge < -0.3 is 19.5 Å². The quantitative estimate of drug-likeness (QED) is 0.567. The summed E-state index contributed by atoms with van der Waals surface area (Å²) in [5.41, 5.74) is 0.150. The second-order valence-electron chi connectivity index (χ2n) is 3.13. The number of hydrogen-bond acceptors (Lipinski definition) is 4. The monoisotopic (exact) mass is 194 g/mol. The first-order valence-corrected chi connectivity index (χ1v) is 4.47. The summed E-state index contributed by atoms with van der Waals surface area (Å²) >= 11 is 0. The Morgan fingerprint density at radius 2 is 1.93 bits per heavy atom. The van der Waals surface area contributed by atoms with Gasteiger partial charge in [-0.2, -0.15) is 0 Å². The maximum Gasteiger partial charge on any atom is 0.525 e. The lowest BCUT2D eigenvalue weighted by atomic mass is 9.88. The molecule has 0 aromatic rings. The number of hydrogen-bond donors (Lipinski definition) is 2. The molecule has 2 unspecified atom stereocenters. The van der Waals surface area contributed by atoms with Crippen LogP contribution < -0.4 is 0 Å². The summed E-state index contributed by atoms with van der Waals surface area (Å²) in [7, 11) is -1.57. The van der Waals surface area contributed by atoms with Crippen molar-refractivity contribution < 1.29 is 19.5 Å². The van der Waals surface area contributed by atoms with Gasteiger partial charge in [0.05, 0.1) is 6.61 Å². The molecule has 0 radical (unpaired) electrons. The summed E-state index contributed by atoms with van der Waals surface area (Å²) in [4.78, 5) is 0. The maximum atomic E-state index is 8.96. The molecule has 1 aliphatic heterocycles. The van der Waals surface area contributed by atoms with Gasteiger partial charge in [0.25, 0.3) is 0 Å². The van der Waals surface area contributed by atoms with E-state index in [0.29, 0.717) is 6.61 Å². The first-order valence-electron chi connectivity index (χ1n) is 4.47. The Morgan fingerprint density at radius 1 is 1.21 bits per heavy atom. The fourth-order valence-corrected chi connectivity index (χ4v) is 1.44. The lowest BCUT2D eigenvalue weighted by molar-refractivity contribution is 0.0247. The van der Waals surface area contributed by atoms with Crippen LogP contribution in [0.2, 0.25) is 0 Å². The van der Waals surface area contributed by atoms with Crippen LogP contribution in [0.1, 0.15) is 0 Å². The maximum absolute atomic E-state index is 8.96. The highest BCUT2D eigenvalue weighted by molar-refractivity contribution is 6.49. The van der Waals surface area contributed by atoms with Crippen molar-refractivity contribution in [1.29, 1.82) is 0 Å². The van der Waals surface area contributed by atoms with E-state index in [4.69, 9.17) is 19.5 Å². The van der Waals surface area contributed by atoms with E-state index in [0.717, 1.165) is 0 Å². The van der Waals surface area contributed by atoms with Crippen molar-refractivity contribution in [3.05, 3.63) is 36.0 Å². The third kappa shape index (κ3) is 1.90. The number of rotatable bonds is 1. The van der Waals surface area contributed by atoms with Crippen molar-refractivity contribution in [2.75, 3.05) is 6.61 Å². The second-order valence-corrected chi connectivity index (χ2v) is 3.13. The number of allylic oxidation sites excluding steroid dienone is 2. The second kappa shape index (κ2) is 4.00. The Labute approximate surface area is 82.3 Å². The van der Waals surface area contributed by atoms with Gasteiger partial charge in [-0.3, -0.25) is 0 Å². The molecule has 1 heterocycles. The summed E-state index contributed by atoms with van der Waals surface area (Å²) in [5, 5.41) is 17.9. The molecular formula is C9H11BO4. The third-order valence-electron chi connectivity index (χ3n) is 2.14. The molecular weight excluding hydrogens is 183 g/mol. The fourth-order valence-electron chi connectivity index (χ4n) is 1.44. The van der Waals surface area contributed by atoms with Gasteiger partial charge in [-0.15, -0.1) is 0 Å². The van der Waals surface area contributed by atoms with E-state index in [1.54, 1.807) is 0 Å². The van der Waals surface area contributed by atoms with E-state index in [9.17, 15) is 0 Å². The van der Waals surface area contributed by atoms with Gasteiger partial charge in [0.1, 0.15) is 17.9 Å². The number of ether oxygens (including phenoxy) is 2. The number of fused-ring (bicyclic) bond motifs is 1. The Hall–Kier alpha value is -1.04. The molecule has 0 saturated heterocycles. The summed E-state index contributed by atoms with van der Waals surface area (Å²) in [6, 6.07) is 0. The van der Waals surface area contributed by atoms with E-state index in [1.807, 2.05) is 24.3 Å². The van der Waals surface area contributed by atoms with E-state index in [1.165, 1.54) is 6.08 Å². The van der Waals surface area contributed by atoms with Gasteiger partial charge in [0.2, 0.25) is 0 Å². The predicted molar refractivity (Wildman–Crippen MR) is 51.2 cm³/mol. The van der Waals surface area contributed by atoms with Crippen LogP contribution in [0.3, 0.4) is 0 Å². The van der Waals surface area contributed by atoms with E-state index < -0.39 is 7.12 Å². The van der Waals surface area contributed by atoms with Gasteiger partial charge in [0.15, 0.2) is 0 Å². The molecule has 0 fully saturated rings. The van der Waals surface area contributed by atoms with Gasteiger partial charge in [-0.1, -0.05) is 18.2 Å². The van der Waals surface area contributed by atoms with Crippen LogP contribution in [0.25, 0.3) is 0 Å². The molecule has 0 spiro atoms. The summed E-state index contributed by atoms with van der Waals surface area (Å²) < 4.78 is 10.8. The average molecular weight is 194 g/mol. The van der Waals surface area contributed by atoms with Crippen LogP contribution >= 0.6 is 0 Å². The lowest BCUT2D eigenvalue weighted by Crippen LogP contribution is -2.30. The van der Waals surface area contributed by atoms with E-state index in [2.05, 4.69) is 0 Å². The largest absolute Gasteiger partial charge is 0.525 e. The Kier molecular flexibility index (Phi) is 2.72. The predicted octanol–water partition coefficient (Wildman–Crippen LogP) is -0.208. The molecule has 5 heteroatoms. The smallest absolute Gasteiger partial charge is 0.491 e. The van der Waals surface area contributed by atoms with Crippen LogP contribution in [0.15, 0.2) is 36.0 Å². The van der Waals surface area contributed by atoms with Gasteiger partial charge >= 0.3 is 7.12 Å². The molecule has 2 aliphatic rings. The normalized spacial score (nSPS) is 30.0. The van der Waals surface area contributed by atoms with Crippen LogP contribution in [-0.4, -0.2) is 36.0 Å². The molecule has 4 nitrogen and oxygen atoms in total. The molecule has 1 aliphatic carbocycles. The molecule has 0 saturated carbocycles. The van der Waals surface area contributed by atoms with Crippen LogP contribution in [0, 0.1) is 0 Å². The van der Waals surface area contributed by atoms with Gasteiger partial charge in [0, 0.05) is 0 Å². The molecule has 0 aromatic carbocycles. The minimum atomic E-state index is -1.57. The van der Waals surface area contributed by atoms with Crippen molar-refractivity contribution in [2.24, 2.45) is 0 Å². The van der Waals surface area contributed by atoms with Crippen molar-refractivity contribution in [3.8, 4) is 0 Å². The third-order valence-corrected chi connectivity index (χ3v) is 2.14. The highest BCUT2D eigenvalue weighted by Gasteiger charge is 2.28. The summed E-state index contributed by atoms with van der Waals surface area (Å²) in [6.07, 6.45) is 8.55. The molecule has 2 atom stereocenters. The molecule has 0 aromatic heterocycles. The summed E-state index contributed by atoms with van der Waals surface area (Å²) in [5.74, 6) is 0. The average Bonchev–Trinajstić information content (AvgIpc) is 2.39. The standard InChI is InChI=1S/C9H11BO4/c11-10(12)9-5-6-13-7-3-1-2-4-8(7)14-9/h1-5,7-8,11-12H,6H2. The SMILES string of the molecule is OB(O)C1=CCOC2C=CC=CC2O1. The Balaban J connectivity index is 2.12. The topological polar surface area (TPSA) is 58.9 Å². The molecule has 2 N–H and O–H groups in total. The van der Waals surface area contributed by atoms with Gasteiger partial charge in [-0.25, -0.2) is 0 Å². The van der Waals surface area contributed by atoms with Crippen molar-refractivity contribution >= 4 is 7.12 Å². The zero-order valence-electron chi connectivity index (χ0n) is 7.54. The molecule has 0 amide bonds. The van der Waals surface area contributed by atoms with Crippen LogP contribution in [0.4, 0.5) is 0 Å².